The number of benzene rings is 2. The van der Waals surface area contributed by atoms with E-state index in [0.717, 1.165) is 11.1 Å². The molecule has 0 aliphatic carbocycles. The van der Waals surface area contributed by atoms with Crippen LogP contribution >= 0.6 is 11.6 Å². The molecule has 1 aromatic heterocycles. The molecule has 0 atom stereocenters. The van der Waals surface area contributed by atoms with Gasteiger partial charge in [0.15, 0.2) is 0 Å². The minimum Gasteiger partial charge on any atom is -0.379 e. The van der Waals surface area contributed by atoms with Crippen molar-refractivity contribution < 1.29 is 4.39 Å². The van der Waals surface area contributed by atoms with Crippen LogP contribution in [-0.4, -0.2) is 4.98 Å². The van der Waals surface area contributed by atoms with Crippen molar-refractivity contribution in [1.29, 1.82) is 0 Å². The number of aromatic nitrogens is 1. The molecule has 2 N–H and O–H groups in total. The van der Waals surface area contributed by atoms with Gasteiger partial charge < -0.3 is 10.3 Å². The molecule has 0 saturated heterocycles. The minimum absolute atomic E-state index is 0.339. The van der Waals surface area contributed by atoms with E-state index in [1.165, 1.54) is 11.5 Å². The van der Waals surface area contributed by atoms with Crippen LogP contribution in [0.1, 0.15) is 5.56 Å². The van der Waals surface area contributed by atoms with Gasteiger partial charge in [-0.3, -0.25) is 0 Å². The summed E-state index contributed by atoms with van der Waals surface area (Å²) in [5, 5.41) is 4.63. The molecule has 1 heterocycles. The van der Waals surface area contributed by atoms with Gasteiger partial charge in [0.05, 0.1) is 5.69 Å². The fourth-order valence-corrected chi connectivity index (χ4v) is 2.19. The number of hydrogen-bond donors (Lipinski definition) is 2. The first-order valence-corrected chi connectivity index (χ1v) is 6.35. The summed E-state index contributed by atoms with van der Waals surface area (Å²) in [5.74, 6) is -0.339. The third kappa shape index (κ3) is 2.56. The molecule has 4 heteroatoms. The third-order valence-electron chi connectivity index (χ3n) is 3.03. The van der Waals surface area contributed by atoms with Crippen molar-refractivity contribution in [2.24, 2.45) is 0 Å². The van der Waals surface area contributed by atoms with Crippen molar-refractivity contribution in [3.8, 4) is 0 Å². The van der Waals surface area contributed by atoms with Gasteiger partial charge >= 0.3 is 0 Å². The Labute approximate surface area is 115 Å². The minimum atomic E-state index is -0.339. The molecule has 0 fully saturated rings. The Morgan fingerprint density at radius 1 is 1.11 bits per heavy atom. The van der Waals surface area contributed by atoms with Gasteiger partial charge in [-0.15, -0.1) is 0 Å². The van der Waals surface area contributed by atoms with Gasteiger partial charge in [0, 0.05) is 23.3 Å². The highest BCUT2D eigenvalue weighted by atomic mass is 35.5. The fourth-order valence-electron chi connectivity index (χ4n) is 2.04. The van der Waals surface area contributed by atoms with Crippen molar-refractivity contribution in [2.75, 3.05) is 5.32 Å². The highest BCUT2D eigenvalue weighted by Crippen LogP contribution is 2.20. The van der Waals surface area contributed by atoms with Crippen molar-refractivity contribution >= 4 is 28.2 Å². The van der Waals surface area contributed by atoms with Gasteiger partial charge in [-0.2, -0.15) is 0 Å². The standard InChI is InChI=1S/C15H12ClFN2/c16-12-3-4-14(13(17)8-12)19-9-10-1-2-11-5-6-18-15(11)7-10/h1-8,18-19H,9H2. The SMILES string of the molecule is Fc1cc(Cl)ccc1NCc1ccc2cc[nH]c2c1. The number of aromatic amines is 1. The van der Waals surface area contributed by atoms with E-state index in [9.17, 15) is 4.39 Å². The maximum Gasteiger partial charge on any atom is 0.147 e. The van der Waals surface area contributed by atoms with E-state index < -0.39 is 0 Å². The lowest BCUT2D eigenvalue weighted by Gasteiger charge is -2.08. The summed E-state index contributed by atoms with van der Waals surface area (Å²) < 4.78 is 13.6. The predicted molar refractivity (Wildman–Crippen MR) is 77.0 cm³/mol. The number of H-pyrrole nitrogens is 1. The third-order valence-corrected chi connectivity index (χ3v) is 3.27. The summed E-state index contributed by atoms with van der Waals surface area (Å²) >= 11 is 5.72. The average Bonchev–Trinajstić information content (AvgIpc) is 2.85. The molecule has 0 amide bonds. The van der Waals surface area contributed by atoms with E-state index in [4.69, 9.17) is 11.6 Å². The summed E-state index contributed by atoms with van der Waals surface area (Å²) in [6, 6.07) is 12.8. The largest absolute Gasteiger partial charge is 0.379 e. The molecule has 3 rings (SSSR count). The Kier molecular flexibility index (Phi) is 3.13. The van der Waals surface area contributed by atoms with Gasteiger partial charge in [0.1, 0.15) is 5.82 Å². The van der Waals surface area contributed by atoms with E-state index in [-0.39, 0.29) is 5.82 Å². The number of fused-ring (bicyclic) bond motifs is 1. The molecule has 0 radical (unpaired) electrons. The zero-order chi connectivity index (χ0) is 13.2. The second-order valence-corrected chi connectivity index (χ2v) is 4.81. The molecule has 0 saturated carbocycles. The number of anilines is 1. The first-order chi connectivity index (χ1) is 9.22. The van der Waals surface area contributed by atoms with Crippen LogP contribution in [0.25, 0.3) is 10.9 Å². The van der Waals surface area contributed by atoms with Gasteiger partial charge in [0.2, 0.25) is 0 Å². The average molecular weight is 275 g/mol. The summed E-state index contributed by atoms with van der Waals surface area (Å²) in [6.07, 6.45) is 1.90. The fraction of sp³-hybridized carbons (Fsp3) is 0.0667. The molecule has 2 nitrogen and oxygen atoms in total. The maximum atomic E-state index is 13.6. The second-order valence-electron chi connectivity index (χ2n) is 4.38. The lowest BCUT2D eigenvalue weighted by Crippen LogP contribution is -2.01. The topological polar surface area (TPSA) is 27.8 Å². The Balaban J connectivity index is 1.77. The molecule has 0 aliphatic rings. The Morgan fingerprint density at radius 2 is 2.00 bits per heavy atom. The molecule has 96 valence electrons. The lowest BCUT2D eigenvalue weighted by atomic mass is 10.1. The van der Waals surface area contributed by atoms with Crippen LogP contribution in [0.3, 0.4) is 0 Å². The maximum absolute atomic E-state index is 13.6. The monoisotopic (exact) mass is 274 g/mol. The number of rotatable bonds is 3. The van der Waals surface area contributed by atoms with Gasteiger partial charge in [-0.25, -0.2) is 4.39 Å². The van der Waals surface area contributed by atoms with E-state index in [1.54, 1.807) is 12.1 Å². The van der Waals surface area contributed by atoms with Crippen molar-refractivity contribution in [1.82, 2.24) is 4.98 Å². The van der Waals surface area contributed by atoms with Crippen molar-refractivity contribution in [3.05, 3.63) is 65.1 Å². The molecule has 2 aromatic carbocycles. The second kappa shape index (κ2) is 4.94. The van der Waals surface area contributed by atoms with Crippen molar-refractivity contribution in [3.63, 3.8) is 0 Å². The first kappa shape index (κ1) is 12.1. The van der Waals surface area contributed by atoms with Gasteiger partial charge in [-0.1, -0.05) is 23.7 Å². The number of hydrogen-bond acceptors (Lipinski definition) is 1. The zero-order valence-corrected chi connectivity index (χ0v) is 10.8. The highest BCUT2D eigenvalue weighted by Gasteiger charge is 2.03. The molecular formula is C15H12ClFN2. The zero-order valence-electron chi connectivity index (χ0n) is 10.1. The molecule has 3 aromatic rings. The Bertz CT molecular complexity index is 721. The van der Waals surface area contributed by atoms with Crippen molar-refractivity contribution in [2.45, 2.75) is 6.54 Å². The van der Waals surface area contributed by atoms with E-state index in [2.05, 4.69) is 16.4 Å². The molecule has 0 unspecified atom stereocenters. The van der Waals surface area contributed by atoms with Crippen LogP contribution in [0.4, 0.5) is 10.1 Å². The van der Waals surface area contributed by atoms with Crippen LogP contribution in [0.15, 0.2) is 48.7 Å². The van der Waals surface area contributed by atoms with E-state index in [0.29, 0.717) is 17.3 Å². The molecule has 0 spiro atoms. The quantitative estimate of drug-likeness (QED) is 0.719. The number of halogens is 2. The number of nitrogens with one attached hydrogen (secondary N) is 2. The van der Waals surface area contributed by atoms with Crippen LogP contribution in [0, 0.1) is 5.82 Å². The molecule has 19 heavy (non-hydrogen) atoms. The lowest BCUT2D eigenvalue weighted by molar-refractivity contribution is 0.630. The van der Waals surface area contributed by atoms with Crippen LogP contribution < -0.4 is 5.32 Å². The normalized spacial score (nSPS) is 10.8. The van der Waals surface area contributed by atoms with Gasteiger partial charge in [0.25, 0.3) is 0 Å². The molecule has 0 bridgehead atoms. The predicted octanol–water partition coefficient (Wildman–Crippen LogP) is 4.57. The van der Waals surface area contributed by atoms with Crippen LogP contribution in [0.2, 0.25) is 5.02 Å². The summed E-state index contributed by atoms with van der Waals surface area (Å²) in [7, 11) is 0. The Morgan fingerprint density at radius 3 is 2.84 bits per heavy atom. The molecule has 0 aliphatic heterocycles. The highest BCUT2D eigenvalue weighted by molar-refractivity contribution is 6.30. The summed E-state index contributed by atoms with van der Waals surface area (Å²) in [4.78, 5) is 3.16. The van der Waals surface area contributed by atoms with Crippen LogP contribution in [0.5, 0.6) is 0 Å². The van der Waals surface area contributed by atoms with Crippen LogP contribution in [-0.2, 0) is 6.54 Å². The smallest absolute Gasteiger partial charge is 0.147 e. The van der Waals surface area contributed by atoms with Gasteiger partial charge in [-0.05, 0) is 41.3 Å². The first-order valence-electron chi connectivity index (χ1n) is 5.97. The summed E-state index contributed by atoms with van der Waals surface area (Å²) in [5.41, 5.74) is 2.62. The van der Waals surface area contributed by atoms with E-state index >= 15 is 0 Å². The summed E-state index contributed by atoms with van der Waals surface area (Å²) in [6.45, 7) is 0.563. The molecular weight excluding hydrogens is 263 g/mol. The Hall–Kier alpha value is -2.00. The van der Waals surface area contributed by atoms with E-state index in [1.807, 2.05) is 24.4 Å².